The fourth-order valence-electron chi connectivity index (χ4n) is 3.16. The fourth-order valence-corrected chi connectivity index (χ4v) is 3.16. The normalized spacial score (nSPS) is 23.8. The summed E-state index contributed by atoms with van der Waals surface area (Å²) in [6, 6.07) is 0.490. The number of alkyl halides is 2. The molecule has 0 aromatic carbocycles. The molecule has 0 saturated heterocycles. The van der Waals surface area contributed by atoms with Gasteiger partial charge in [-0.2, -0.15) is 0 Å². The number of hydrogen-bond donors (Lipinski definition) is 1. The highest BCUT2D eigenvalue weighted by Gasteiger charge is 2.37. The van der Waals surface area contributed by atoms with E-state index in [0.29, 0.717) is 19.0 Å². The van der Waals surface area contributed by atoms with Gasteiger partial charge in [-0.1, -0.05) is 13.8 Å². The lowest BCUT2D eigenvalue weighted by Gasteiger charge is -2.36. The molecule has 1 atom stereocenters. The minimum atomic E-state index is -2.44. The summed E-state index contributed by atoms with van der Waals surface area (Å²) in [5.74, 6) is -2.30. The molecule has 4 heteroatoms. The predicted molar refractivity (Wildman–Crippen MR) is 71.9 cm³/mol. The standard InChI is InChI=1S/C14H28F2N2/c1-3-13(4-2)18(9-8-17)11-12-6-5-7-14(15,16)10-12/h12-13H,3-11,17H2,1-2H3. The Labute approximate surface area is 110 Å². The largest absolute Gasteiger partial charge is 0.329 e. The third kappa shape index (κ3) is 4.81. The first-order valence-corrected chi connectivity index (χ1v) is 7.34. The van der Waals surface area contributed by atoms with Crippen molar-refractivity contribution in [3.05, 3.63) is 0 Å². The van der Waals surface area contributed by atoms with Crippen LogP contribution in [0.5, 0.6) is 0 Å². The number of nitrogens with zero attached hydrogens (tertiary/aromatic N) is 1. The summed E-state index contributed by atoms with van der Waals surface area (Å²) in [4.78, 5) is 2.33. The third-order valence-electron chi connectivity index (χ3n) is 4.11. The van der Waals surface area contributed by atoms with Gasteiger partial charge in [0.1, 0.15) is 0 Å². The Bertz CT molecular complexity index is 230. The van der Waals surface area contributed by atoms with Crippen LogP contribution in [-0.2, 0) is 0 Å². The van der Waals surface area contributed by atoms with Gasteiger partial charge in [-0.05, 0) is 31.6 Å². The monoisotopic (exact) mass is 262 g/mol. The number of halogens is 2. The van der Waals surface area contributed by atoms with Crippen molar-refractivity contribution >= 4 is 0 Å². The average Bonchev–Trinajstić information content (AvgIpc) is 2.29. The highest BCUT2D eigenvalue weighted by atomic mass is 19.3. The first-order valence-electron chi connectivity index (χ1n) is 7.34. The van der Waals surface area contributed by atoms with Gasteiger partial charge in [-0.3, -0.25) is 4.90 Å². The molecule has 2 N–H and O–H groups in total. The van der Waals surface area contributed by atoms with Gasteiger partial charge in [-0.25, -0.2) is 8.78 Å². The summed E-state index contributed by atoms with van der Waals surface area (Å²) in [5.41, 5.74) is 5.65. The highest BCUT2D eigenvalue weighted by Crippen LogP contribution is 2.37. The number of hydrogen-bond acceptors (Lipinski definition) is 2. The van der Waals surface area contributed by atoms with Gasteiger partial charge in [0.15, 0.2) is 0 Å². The first kappa shape index (κ1) is 15.8. The van der Waals surface area contributed by atoms with E-state index in [9.17, 15) is 8.78 Å². The lowest BCUT2D eigenvalue weighted by Crippen LogP contribution is -2.43. The Morgan fingerprint density at radius 1 is 1.33 bits per heavy atom. The molecule has 0 aromatic heterocycles. The van der Waals surface area contributed by atoms with Crippen molar-refractivity contribution in [2.45, 2.75) is 64.3 Å². The maximum absolute atomic E-state index is 13.4. The number of nitrogens with two attached hydrogens (primary N) is 1. The van der Waals surface area contributed by atoms with Crippen molar-refractivity contribution in [2.75, 3.05) is 19.6 Å². The van der Waals surface area contributed by atoms with Crippen LogP contribution >= 0.6 is 0 Å². The second kappa shape index (κ2) is 7.39. The van der Waals surface area contributed by atoms with Gasteiger partial charge in [-0.15, -0.1) is 0 Å². The molecule has 1 aliphatic carbocycles. The van der Waals surface area contributed by atoms with Gasteiger partial charge in [0, 0.05) is 38.5 Å². The smallest absolute Gasteiger partial charge is 0.248 e. The molecule has 1 saturated carbocycles. The molecule has 0 bridgehead atoms. The van der Waals surface area contributed by atoms with Crippen LogP contribution in [0.25, 0.3) is 0 Å². The Morgan fingerprint density at radius 2 is 2.00 bits per heavy atom. The zero-order valence-corrected chi connectivity index (χ0v) is 11.8. The van der Waals surface area contributed by atoms with Crippen LogP contribution in [0.3, 0.4) is 0 Å². The zero-order chi connectivity index (χ0) is 13.6. The van der Waals surface area contributed by atoms with Crippen LogP contribution in [0, 0.1) is 5.92 Å². The van der Waals surface area contributed by atoms with Crippen molar-refractivity contribution in [2.24, 2.45) is 11.7 Å². The molecule has 1 unspecified atom stereocenters. The van der Waals surface area contributed by atoms with Gasteiger partial charge in [0.2, 0.25) is 5.92 Å². The van der Waals surface area contributed by atoms with Gasteiger partial charge >= 0.3 is 0 Å². The maximum atomic E-state index is 13.4. The van der Waals surface area contributed by atoms with Crippen LogP contribution in [-0.4, -0.2) is 36.5 Å². The number of rotatable bonds is 7. The molecule has 0 spiro atoms. The Balaban J connectivity index is 2.54. The Kier molecular flexibility index (Phi) is 6.50. The van der Waals surface area contributed by atoms with Crippen LogP contribution in [0.4, 0.5) is 8.78 Å². The predicted octanol–water partition coefficient (Wildman–Crippen LogP) is 3.26. The van der Waals surface area contributed by atoms with Crippen molar-refractivity contribution in [1.29, 1.82) is 0 Å². The molecular formula is C14H28F2N2. The highest BCUT2D eigenvalue weighted by molar-refractivity contribution is 4.82. The van der Waals surface area contributed by atoms with Crippen LogP contribution < -0.4 is 5.73 Å². The summed E-state index contributed by atoms with van der Waals surface area (Å²) in [5, 5.41) is 0. The maximum Gasteiger partial charge on any atom is 0.248 e. The summed E-state index contributed by atoms with van der Waals surface area (Å²) in [6.07, 6.45) is 3.88. The Morgan fingerprint density at radius 3 is 2.50 bits per heavy atom. The molecular weight excluding hydrogens is 234 g/mol. The van der Waals surface area contributed by atoms with E-state index < -0.39 is 5.92 Å². The van der Waals surface area contributed by atoms with E-state index in [-0.39, 0.29) is 18.8 Å². The lowest BCUT2D eigenvalue weighted by molar-refractivity contribution is -0.0586. The van der Waals surface area contributed by atoms with E-state index in [1.807, 2.05) is 0 Å². The van der Waals surface area contributed by atoms with E-state index in [2.05, 4.69) is 18.7 Å². The van der Waals surface area contributed by atoms with Crippen molar-refractivity contribution in [3.8, 4) is 0 Å². The molecule has 0 aliphatic heterocycles. The minimum absolute atomic E-state index is 0.0637. The van der Waals surface area contributed by atoms with Crippen molar-refractivity contribution in [3.63, 3.8) is 0 Å². The lowest BCUT2D eigenvalue weighted by atomic mass is 9.86. The molecule has 0 aromatic rings. The molecule has 108 valence electrons. The van der Waals surface area contributed by atoms with E-state index in [4.69, 9.17) is 5.73 Å². The minimum Gasteiger partial charge on any atom is -0.329 e. The van der Waals surface area contributed by atoms with Crippen LogP contribution in [0.2, 0.25) is 0 Å². The topological polar surface area (TPSA) is 29.3 Å². The van der Waals surface area contributed by atoms with Crippen LogP contribution in [0.15, 0.2) is 0 Å². The zero-order valence-electron chi connectivity index (χ0n) is 11.8. The van der Waals surface area contributed by atoms with Crippen molar-refractivity contribution < 1.29 is 8.78 Å². The second-order valence-electron chi connectivity index (χ2n) is 5.57. The second-order valence-corrected chi connectivity index (χ2v) is 5.57. The van der Waals surface area contributed by atoms with Gasteiger partial charge in [0.05, 0.1) is 0 Å². The summed E-state index contributed by atoms with van der Waals surface area (Å²) in [6.45, 7) is 6.55. The molecule has 1 fully saturated rings. The summed E-state index contributed by atoms with van der Waals surface area (Å²) in [7, 11) is 0. The molecule has 2 nitrogen and oxygen atoms in total. The Hall–Kier alpha value is -0.220. The van der Waals surface area contributed by atoms with Gasteiger partial charge < -0.3 is 5.73 Å². The molecule has 0 amide bonds. The van der Waals surface area contributed by atoms with Gasteiger partial charge in [0.25, 0.3) is 0 Å². The van der Waals surface area contributed by atoms with Crippen LogP contribution in [0.1, 0.15) is 52.4 Å². The molecule has 0 radical (unpaired) electrons. The molecule has 1 aliphatic rings. The quantitative estimate of drug-likeness (QED) is 0.763. The van der Waals surface area contributed by atoms with E-state index in [1.54, 1.807) is 0 Å². The van der Waals surface area contributed by atoms with E-state index >= 15 is 0 Å². The van der Waals surface area contributed by atoms with E-state index in [0.717, 1.165) is 32.4 Å². The summed E-state index contributed by atoms with van der Waals surface area (Å²) < 4.78 is 26.8. The molecule has 0 heterocycles. The first-order chi connectivity index (χ1) is 8.52. The summed E-state index contributed by atoms with van der Waals surface area (Å²) >= 11 is 0. The molecule has 18 heavy (non-hydrogen) atoms. The van der Waals surface area contributed by atoms with E-state index in [1.165, 1.54) is 0 Å². The fraction of sp³-hybridized carbons (Fsp3) is 1.00. The average molecular weight is 262 g/mol. The molecule has 1 rings (SSSR count). The SMILES string of the molecule is CCC(CC)N(CCN)CC1CCCC(F)(F)C1. The van der Waals surface area contributed by atoms with Crippen molar-refractivity contribution in [1.82, 2.24) is 4.90 Å². The third-order valence-corrected chi connectivity index (χ3v) is 4.11.